The lowest BCUT2D eigenvalue weighted by molar-refractivity contribution is -0.150. The van der Waals surface area contributed by atoms with Gasteiger partial charge in [0.25, 0.3) is 0 Å². The van der Waals surface area contributed by atoms with Gasteiger partial charge in [0.15, 0.2) is 0 Å². The highest BCUT2D eigenvalue weighted by molar-refractivity contribution is 5.75. The van der Waals surface area contributed by atoms with E-state index in [1.807, 2.05) is 37.3 Å². The van der Waals surface area contributed by atoms with Gasteiger partial charge in [-0.3, -0.25) is 4.79 Å². The Labute approximate surface area is 96.8 Å². The minimum absolute atomic E-state index is 0.0919. The molecule has 88 valence electrons. The van der Waals surface area contributed by atoms with Crippen LogP contribution in [0.4, 0.5) is 0 Å². The van der Waals surface area contributed by atoms with Crippen LogP contribution in [0, 0.1) is 0 Å². The Kier molecular flexibility index (Phi) is 4.99. The van der Waals surface area contributed by atoms with Gasteiger partial charge in [0, 0.05) is 6.42 Å². The van der Waals surface area contributed by atoms with Gasteiger partial charge >= 0.3 is 5.97 Å². The van der Waals surface area contributed by atoms with Gasteiger partial charge in [-0.05, 0) is 26.5 Å². The van der Waals surface area contributed by atoms with Gasteiger partial charge in [-0.1, -0.05) is 30.3 Å². The molecule has 1 aromatic carbocycles. The molecule has 0 saturated heterocycles. The Hall–Kier alpha value is -1.35. The summed E-state index contributed by atoms with van der Waals surface area (Å²) in [4.78, 5) is 11.5. The second kappa shape index (κ2) is 6.28. The molecule has 0 aliphatic heterocycles. The molecule has 1 rings (SSSR count). The first-order valence-corrected chi connectivity index (χ1v) is 5.55. The third kappa shape index (κ3) is 4.03. The lowest BCUT2D eigenvalue weighted by atomic mass is 10.1. The third-order valence-electron chi connectivity index (χ3n) is 2.47. The van der Waals surface area contributed by atoms with Crippen molar-refractivity contribution < 1.29 is 9.53 Å². The van der Waals surface area contributed by atoms with Crippen molar-refractivity contribution in [3.63, 3.8) is 0 Å². The number of hydrogen-bond acceptors (Lipinski definition) is 3. The van der Waals surface area contributed by atoms with Crippen molar-refractivity contribution in [1.82, 2.24) is 5.32 Å². The zero-order chi connectivity index (χ0) is 12.0. The highest BCUT2D eigenvalue weighted by Gasteiger charge is 2.15. The fraction of sp³-hybridized carbons (Fsp3) is 0.462. The summed E-state index contributed by atoms with van der Waals surface area (Å²) in [6, 6.07) is 9.76. The first kappa shape index (κ1) is 12.7. The molecule has 0 aromatic heterocycles. The number of esters is 1. The Morgan fingerprint density at radius 3 is 2.50 bits per heavy atom. The average Bonchev–Trinajstić information content (AvgIpc) is 2.29. The summed E-state index contributed by atoms with van der Waals surface area (Å²) in [7, 11) is 1.74. The maximum Gasteiger partial charge on any atom is 0.323 e. The molecular weight excluding hydrogens is 202 g/mol. The van der Waals surface area contributed by atoms with Gasteiger partial charge in [0.1, 0.15) is 12.1 Å². The summed E-state index contributed by atoms with van der Waals surface area (Å²) in [5, 5.41) is 2.86. The summed E-state index contributed by atoms with van der Waals surface area (Å²) in [5.74, 6) is -0.203. The van der Waals surface area contributed by atoms with Crippen LogP contribution in [0.15, 0.2) is 30.3 Å². The van der Waals surface area contributed by atoms with Gasteiger partial charge < -0.3 is 10.1 Å². The van der Waals surface area contributed by atoms with E-state index in [4.69, 9.17) is 4.74 Å². The van der Waals surface area contributed by atoms with Crippen LogP contribution in [0.5, 0.6) is 0 Å². The van der Waals surface area contributed by atoms with Crippen molar-refractivity contribution in [1.29, 1.82) is 0 Å². The predicted octanol–water partition coefficient (Wildman–Crippen LogP) is 1.77. The molecule has 0 aliphatic rings. The van der Waals surface area contributed by atoms with Crippen LogP contribution in [0.2, 0.25) is 0 Å². The Balaban J connectivity index is 2.42. The van der Waals surface area contributed by atoms with E-state index in [2.05, 4.69) is 5.32 Å². The standard InChI is InChI=1S/C13H19NO2/c1-10(16-13(15)11(2)14-3)9-12-7-5-4-6-8-12/h4-8,10-11,14H,9H2,1-3H3/t10?,11-/m0/s1. The van der Waals surface area contributed by atoms with Crippen molar-refractivity contribution >= 4 is 5.97 Å². The third-order valence-corrected chi connectivity index (χ3v) is 2.47. The lowest BCUT2D eigenvalue weighted by Gasteiger charge is -2.16. The Bertz CT molecular complexity index is 324. The van der Waals surface area contributed by atoms with Gasteiger partial charge in [0.05, 0.1) is 0 Å². The van der Waals surface area contributed by atoms with Gasteiger partial charge in [-0.15, -0.1) is 0 Å². The number of nitrogens with one attached hydrogen (secondary N) is 1. The van der Waals surface area contributed by atoms with Gasteiger partial charge in [-0.2, -0.15) is 0 Å². The molecule has 16 heavy (non-hydrogen) atoms. The van der Waals surface area contributed by atoms with E-state index in [9.17, 15) is 4.79 Å². The summed E-state index contributed by atoms with van der Waals surface area (Å²) in [6.07, 6.45) is 0.661. The number of carbonyl (C=O) groups excluding carboxylic acids is 1. The van der Waals surface area contributed by atoms with Crippen LogP contribution in [0.25, 0.3) is 0 Å². The summed E-state index contributed by atoms with van der Waals surface area (Å²) >= 11 is 0. The monoisotopic (exact) mass is 221 g/mol. The normalized spacial score (nSPS) is 14.2. The molecule has 0 spiro atoms. The molecule has 0 amide bonds. The Morgan fingerprint density at radius 2 is 1.94 bits per heavy atom. The van der Waals surface area contributed by atoms with Crippen LogP contribution in [-0.2, 0) is 16.0 Å². The number of rotatable bonds is 5. The van der Waals surface area contributed by atoms with E-state index in [1.54, 1.807) is 14.0 Å². The number of ether oxygens (including phenoxy) is 1. The minimum atomic E-state index is -0.252. The molecule has 3 heteroatoms. The second-order valence-electron chi connectivity index (χ2n) is 3.95. The van der Waals surface area contributed by atoms with Crippen molar-refractivity contribution in [2.24, 2.45) is 0 Å². The zero-order valence-electron chi connectivity index (χ0n) is 10.1. The molecule has 1 unspecified atom stereocenters. The van der Waals surface area contributed by atoms with E-state index in [0.29, 0.717) is 0 Å². The zero-order valence-corrected chi connectivity index (χ0v) is 10.1. The Morgan fingerprint density at radius 1 is 1.31 bits per heavy atom. The van der Waals surface area contributed by atoms with E-state index >= 15 is 0 Å². The molecule has 0 radical (unpaired) electrons. The summed E-state index contributed by atoms with van der Waals surface area (Å²) in [5.41, 5.74) is 1.18. The number of hydrogen-bond donors (Lipinski definition) is 1. The van der Waals surface area contributed by atoms with Crippen LogP contribution < -0.4 is 5.32 Å². The van der Waals surface area contributed by atoms with E-state index in [0.717, 1.165) is 6.42 Å². The molecule has 0 fully saturated rings. The maximum atomic E-state index is 11.5. The molecule has 1 N–H and O–H groups in total. The highest BCUT2D eigenvalue weighted by atomic mass is 16.5. The van der Waals surface area contributed by atoms with E-state index < -0.39 is 0 Å². The fourth-order valence-corrected chi connectivity index (χ4v) is 1.41. The molecule has 0 aliphatic carbocycles. The average molecular weight is 221 g/mol. The number of likely N-dealkylation sites (N-methyl/N-ethyl adjacent to an activating group) is 1. The second-order valence-corrected chi connectivity index (χ2v) is 3.95. The fourth-order valence-electron chi connectivity index (χ4n) is 1.41. The molecule has 0 bridgehead atoms. The first-order chi connectivity index (χ1) is 7.63. The van der Waals surface area contributed by atoms with Crippen molar-refractivity contribution in [3.05, 3.63) is 35.9 Å². The number of benzene rings is 1. The van der Waals surface area contributed by atoms with Crippen LogP contribution in [-0.4, -0.2) is 25.2 Å². The molecular formula is C13H19NO2. The van der Waals surface area contributed by atoms with Gasteiger partial charge in [0.2, 0.25) is 0 Å². The van der Waals surface area contributed by atoms with Crippen molar-refractivity contribution in [2.75, 3.05) is 7.05 Å². The van der Waals surface area contributed by atoms with Crippen LogP contribution in [0.1, 0.15) is 19.4 Å². The smallest absolute Gasteiger partial charge is 0.323 e. The van der Waals surface area contributed by atoms with Crippen molar-refractivity contribution in [2.45, 2.75) is 32.4 Å². The minimum Gasteiger partial charge on any atom is -0.461 e. The van der Waals surface area contributed by atoms with Crippen LogP contribution >= 0.6 is 0 Å². The molecule has 0 heterocycles. The molecule has 3 nitrogen and oxygen atoms in total. The topological polar surface area (TPSA) is 38.3 Å². The summed E-state index contributed by atoms with van der Waals surface area (Å²) in [6.45, 7) is 3.70. The van der Waals surface area contributed by atoms with Crippen LogP contribution in [0.3, 0.4) is 0 Å². The highest BCUT2D eigenvalue weighted by Crippen LogP contribution is 2.06. The van der Waals surface area contributed by atoms with Gasteiger partial charge in [-0.25, -0.2) is 0 Å². The molecule has 0 saturated carbocycles. The maximum absolute atomic E-state index is 11.5. The predicted molar refractivity (Wildman–Crippen MR) is 64.2 cm³/mol. The quantitative estimate of drug-likeness (QED) is 0.770. The SMILES string of the molecule is CN[C@@H](C)C(=O)OC(C)Cc1ccccc1. The molecule has 2 atom stereocenters. The first-order valence-electron chi connectivity index (χ1n) is 5.55. The lowest BCUT2D eigenvalue weighted by Crippen LogP contribution is -2.34. The largest absolute Gasteiger partial charge is 0.461 e. The van der Waals surface area contributed by atoms with Crippen molar-refractivity contribution in [3.8, 4) is 0 Å². The van der Waals surface area contributed by atoms with E-state index in [-0.39, 0.29) is 18.1 Å². The van der Waals surface area contributed by atoms with E-state index in [1.165, 1.54) is 5.56 Å². The number of carbonyl (C=O) groups is 1. The molecule has 1 aromatic rings. The summed E-state index contributed by atoms with van der Waals surface area (Å²) < 4.78 is 5.31.